The number of piperidine rings is 1. The van der Waals surface area contributed by atoms with Crippen LogP contribution in [0.25, 0.3) is 0 Å². The lowest BCUT2D eigenvalue weighted by Gasteiger charge is -2.34. The Morgan fingerprint density at radius 3 is 2.60 bits per heavy atom. The molecule has 1 atom stereocenters. The van der Waals surface area contributed by atoms with E-state index in [0.29, 0.717) is 30.2 Å². The molecule has 1 aliphatic rings. The third-order valence-corrected chi connectivity index (χ3v) is 5.51. The van der Waals surface area contributed by atoms with Gasteiger partial charge in [-0.15, -0.1) is 0 Å². The molecule has 0 bridgehead atoms. The normalized spacial score (nSPS) is 16.3. The van der Waals surface area contributed by atoms with Gasteiger partial charge in [-0.25, -0.2) is 4.98 Å². The number of aromatic nitrogens is 1. The van der Waals surface area contributed by atoms with Gasteiger partial charge in [-0.1, -0.05) is 30.3 Å². The van der Waals surface area contributed by atoms with Gasteiger partial charge in [0.1, 0.15) is 23.3 Å². The van der Waals surface area contributed by atoms with Crippen LogP contribution in [-0.2, 0) is 6.42 Å². The number of para-hydroxylation sites is 2. The Labute approximate surface area is 176 Å². The molecule has 1 aromatic heterocycles. The van der Waals surface area contributed by atoms with Crippen LogP contribution in [-0.4, -0.2) is 36.6 Å². The van der Waals surface area contributed by atoms with Gasteiger partial charge in [0.2, 0.25) is 5.89 Å². The molecule has 156 valence electrons. The van der Waals surface area contributed by atoms with Crippen molar-refractivity contribution in [3.63, 3.8) is 0 Å². The molecule has 0 N–H and O–H groups in total. The molecule has 1 saturated heterocycles. The van der Waals surface area contributed by atoms with Crippen LogP contribution in [0.1, 0.15) is 52.9 Å². The second kappa shape index (κ2) is 9.03. The molecule has 1 fully saturated rings. The van der Waals surface area contributed by atoms with E-state index in [1.165, 1.54) is 0 Å². The van der Waals surface area contributed by atoms with Crippen molar-refractivity contribution >= 4 is 5.91 Å². The predicted molar refractivity (Wildman–Crippen MR) is 113 cm³/mol. The third kappa shape index (κ3) is 4.03. The molecule has 0 spiro atoms. The van der Waals surface area contributed by atoms with Gasteiger partial charge in [-0.2, -0.15) is 0 Å². The van der Waals surface area contributed by atoms with E-state index in [1.807, 2.05) is 47.4 Å². The van der Waals surface area contributed by atoms with Crippen molar-refractivity contribution in [1.82, 2.24) is 9.88 Å². The topological polar surface area (TPSA) is 64.8 Å². The number of hydrogen-bond acceptors (Lipinski definition) is 5. The molecule has 1 aliphatic heterocycles. The molecular formula is C24H26N2O4. The van der Waals surface area contributed by atoms with E-state index in [1.54, 1.807) is 26.5 Å². The monoisotopic (exact) mass is 406 g/mol. The predicted octanol–water partition coefficient (Wildman–Crippen LogP) is 4.65. The van der Waals surface area contributed by atoms with Gasteiger partial charge in [-0.3, -0.25) is 4.79 Å². The first-order valence-electron chi connectivity index (χ1n) is 10.2. The van der Waals surface area contributed by atoms with Crippen molar-refractivity contribution in [1.29, 1.82) is 0 Å². The highest BCUT2D eigenvalue weighted by Crippen LogP contribution is 2.34. The molecule has 3 aromatic rings. The summed E-state index contributed by atoms with van der Waals surface area (Å²) < 4.78 is 16.9. The lowest BCUT2D eigenvalue weighted by atomic mass is 10.0. The molecule has 30 heavy (non-hydrogen) atoms. The summed E-state index contributed by atoms with van der Waals surface area (Å²) in [7, 11) is 3.24. The van der Waals surface area contributed by atoms with Crippen LogP contribution >= 0.6 is 0 Å². The number of likely N-dealkylation sites (tertiary alicyclic amines) is 1. The van der Waals surface area contributed by atoms with Crippen molar-refractivity contribution < 1.29 is 18.7 Å². The Balaban J connectivity index is 1.57. The summed E-state index contributed by atoms with van der Waals surface area (Å²) in [6.07, 6.45) is 5.17. The number of benzene rings is 2. The van der Waals surface area contributed by atoms with Crippen LogP contribution in [0.4, 0.5) is 0 Å². The van der Waals surface area contributed by atoms with Crippen molar-refractivity contribution in [2.75, 3.05) is 20.8 Å². The first kappa shape index (κ1) is 20.0. The molecule has 2 aromatic carbocycles. The van der Waals surface area contributed by atoms with Crippen LogP contribution < -0.4 is 9.47 Å². The van der Waals surface area contributed by atoms with Crippen LogP contribution in [0.5, 0.6) is 11.5 Å². The number of nitrogens with zero attached hydrogens (tertiary/aromatic N) is 2. The average molecular weight is 406 g/mol. The van der Waals surface area contributed by atoms with Crippen molar-refractivity contribution in [3.05, 3.63) is 77.5 Å². The van der Waals surface area contributed by atoms with E-state index in [4.69, 9.17) is 13.9 Å². The molecule has 0 radical (unpaired) electrons. The SMILES string of the molecule is COc1ccccc1Cc1cnc([C@H]2CCCCN2C(=O)c2ccccc2OC)o1. The van der Waals surface area contributed by atoms with Gasteiger partial charge in [0.15, 0.2) is 0 Å². The Bertz CT molecular complexity index is 1010. The van der Waals surface area contributed by atoms with Gasteiger partial charge in [-0.05, 0) is 37.5 Å². The maximum absolute atomic E-state index is 13.3. The lowest BCUT2D eigenvalue weighted by molar-refractivity contribution is 0.0566. The second-order valence-corrected chi connectivity index (χ2v) is 7.36. The number of oxazole rings is 1. The molecule has 6 heteroatoms. The number of hydrogen-bond donors (Lipinski definition) is 0. The van der Waals surface area contributed by atoms with Gasteiger partial charge in [0, 0.05) is 18.5 Å². The fourth-order valence-corrected chi connectivity index (χ4v) is 4.00. The maximum atomic E-state index is 13.3. The zero-order chi connectivity index (χ0) is 20.9. The van der Waals surface area contributed by atoms with Gasteiger partial charge < -0.3 is 18.8 Å². The Morgan fingerprint density at radius 2 is 1.80 bits per heavy atom. The minimum absolute atomic E-state index is 0.0540. The Kier molecular flexibility index (Phi) is 6.02. The zero-order valence-electron chi connectivity index (χ0n) is 17.3. The number of ether oxygens (including phenoxy) is 2. The van der Waals surface area contributed by atoms with E-state index in [-0.39, 0.29) is 11.9 Å². The van der Waals surface area contributed by atoms with Crippen LogP contribution in [0, 0.1) is 0 Å². The summed E-state index contributed by atoms with van der Waals surface area (Å²) in [4.78, 5) is 19.7. The second-order valence-electron chi connectivity index (χ2n) is 7.36. The molecule has 0 unspecified atom stereocenters. The van der Waals surface area contributed by atoms with Crippen molar-refractivity contribution in [2.24, 2.45) is 0 Å². The molecule has 0 saturated carbocycles. The number of amides is 1. The lowest BCUT2D eigenvalue weighted by Crippen LogP contribution is -2.38. The highest BCUT2D eigenvalue weighted by molar-refractivity contribution is 5.97. The Hall–Kier alpha value is -3.28. The molecule has 4 rings (SSSR count). The van der Waals surface area contributed by atoms with E-state index in [9.17, 15) is 4.79 Å². The van der Waals surface area contributed by atoms with Crippen LogP contribution in [0.15, 0.2) is 59.1 Å². The summed E-state index contributed by atoms with van der Waals surface area (Å²) in [5, 5.41) is 0. The summed E-state index contributed by atoms with van der Waals surface area (Å²) in [5.74, 6) is 2.69. The fourth-order valence-electron chi connectivity index (χ4n) is 4.00. The summed E-state index contributed by atoms with van der Waals surface area (Å²) >= 11 is 0. The highest BCUT2D eigenvalue weighted by Gasteiger charge is 2.33. The van der Waals surface area contributed by atoms with Crippen molar-refractivity contribution in [2.45, 2.75) is 31.7 Å². The van der Waals surface area contributed by atoms with Crippen LogP contribution in [0.2, 0.25) is 0 Å². The standard InChI is InChI=1S/C24H26N2O4/c1-28-21-12-5-3-9-17(21)15-18-16-25-23(30-18)20-11-7-8-14-26(20)24(27)19-10-4-6-13-22(19)29-2/h3-6,9-10,12-13,16,20H,7-8,11,14-15H2,1-2H3/t20-/m1/s1. The quantitative estimate of drug-likeness (QED) is 0.596. The number of rotatable bonds is 6. The number of carbonyl (C=O) groups excluding carboxylic acids is 1. The van der Waals surface area contributed by atoms with Crippen LogP contribution in [0.3, 0.4) is 0 Å². The smallest absolute Gasteiger partial charge is 0.258 e. The highest BCUT2D eigenvalue weighted by atomic mass is 16.5. The molecule has 0 aliphatic carbocycles. The van der Waals surface area contributed by atoms with Crippen molar-refractivity contribution in [3.8, 4) is 11.5 Å². The van der Waals surface area contributed by atoms with E-state index >= 15 is 0 Å². The fraction of sp³-hybridized carbons (Fsp3) is 0.333. The first-order valence-corrected chi connectivity index (χ1v) is 10.2. The van der Waals surface area contributed by atoms with E-state index < -0.39 is 0 Å². The third-order valence-electron chi connectivity index (χ3n) is 5.51. The number of carbonyl (C=O) groups is 1. The summed E-state index contributed by atoms with van der Waals surface area (Å²) in [5.41, 5.74) is 1.60. The first-order chi connectivity index (χ1) is 14.7. The largest absolute Gasteiger partial charge is 0.496 e. The molecule has 6 nitrogen and oxygen atoms in total. The zero-order valence-corrected chi connectivity index (χ0v) is 17.3. The molecular weight excluding hydrogens is 380 g/mol. The average Bonchev–Trinajstić information content (AvgIpc) is 3.27. The summed E-state index contributed by atoms with van der Waals surface area (Å²) in [6, 6.07) is 15.0. The van der Waals surface area contributed by atoms with E-state index in [2.05, 4.69) is 4.98 Å². The molecule has 2 heterocycles. The number of methoxy groups -OCH3 is 2. The Morgan fingerprint density at radius 1 is 1.07 bits per heavy atom. The maximum Gasteiger partial charge on any atom is 0.258 e. The summed E-state index contributed by atoms with van der Waals surface area (Å²) in [6.45, 7) is 0.672. The van der Waals surface area contributed by atoms with E-state index in [0.717, 1.165) is 36.3 Å². The van der Waals surface area contributed by atoms with Gasteiger partial charge >= 0.3 is 0 Å². The van der Waals surface area contributed by atoms with Gasteiger partial charge in [0.05, 0.1) is 26.0 Å². The minimum atomic E-state index is -0.178. The van der Waals surface area contributed by atoms with Gasteiger partial charge in [0.25, 0.3) is 5.91 Å². The minimum Gasteiger partial charge on any atom is -0.496 e. The molecule has 1 amide bonds.